The number of aliphatic hydroxyl groups excluding tert-OH is 1. The third-order valence-corrected chi connectivity index (χ3v) is 3.96. The van der Waals surface area contributed by atoms with Crippen LogP contribution >= 0.6 is 0 Å². The molecule has 4 heteroatoms. The van der Waals surface area contributed by atoms with E-state index in [0.29, 0.717) is 18.6 Å². The average molecular weight is 242 g/mol. The Morgan fingerprint density at radius 1 is 1.18 bits per heavy atom. The van der Waals surface area contributed by atoms with Crippen molar-refractivity contribution in [1.29, 1.82) is 0 Å². The summed E-state index contributed by atoms with van der Waals surface area (Å²) in [6.07, 6.45) is 4.12. The Hall–Kier alpha value is -0.770. The lowest BCUT2D eigenvalue weighted by atomic mass is 9.86. The highest BCUT2D eigenvalue weighted by Gasteiger charge is 2.27. The molecule has 1 aliphatic carbocycles. The summed E-state index contributed by atoms with van der Waals surface area (Å²) in [4.78, 5) is 15.9. The van der Waals surface area contributed by atoms with Crippen LogP contribution in [-0.2, 0) is 0 Å². The van der Waals surface area contributed by atoms with Gasteiger partial charge in [-0.3, -0.25) is 0 Å². The number of hydrogen-bond donors (Lipinski definition) is 1. The van der Waals surface area contributed by atoms with Crippen LogP contribution in [0.5, 0.6) is 0 Å². The molecule has 0 unspecified atom stereocenters. The molecule has 0 aromatic heterocycles. The molecule has 17 heavy (non-hydrogen) atoms. The summed E-state index contributed by atoms with van der Waals surface area (Å²) >= 11 is 0. The van der Waals surface area contributed by atoms with Crippen LogP contribution in [0.2, 0.25) is 0 Å². The van der Waals surface area contributed by atoms with Crippen molar-refractivity contribution in [2.24, 2.45) is 5.92 Å². The first-order valence-electron chi connectivity index (χ1n) is 6.76. The second kappa shape index (κ2) is 6.84. The first kappa shape index (κ1) is 14.3. The van der Waals surface area contributed by atoms with Gasteiger partial charge in [-0.2, -0.15) is 0 Å². The van der Waals surface area contributed by atoms with Crippen molar-refractivity contribution in [1.82, 2.24) is 9.80 Å². The zero-order valence-electron chi connectivity index (χ0n) is 11.4. The summed E-state index contributed by atoms with van der Waals surface area (Å²) in [7, 11) is 1.91. The number of carbonyl (C=O) groups is 1. The van der Waals surface area contributed by atoms with Crippen molar-refractivity contribution >= 4 is 6.03 Å². The minimum Gasteiger partial charge on any atom is -0.396 e. The van der Waals surface area contributed by atoms with Gasteiger partial charge in [-0.05, 0) is 45.4 Å². The van der Waals surface area contributed by atoms with E-state index in [1.54, 1.807) is 0 Å². The van der Waals surface area contributed by atoms with Gasteiger partial charge in [0.25, 0.3) is 0 Å². The molecule has 1 aliphatic rings. The number of amides is 2. The zero-order valence-corrected chi connectivity index (χ0v) is 11.4. The predicted molar refractivity (Wildman–Crippen MR) is 68.9 cm³/mol. The maximum absolute atomic E-state index is 12.2. The Labute approximate surface area is 105 Å². The van der Waals surface area contributed by atoms with Crippen molar-refractivity contribution in [2.45, 2.75) is 45.6 Å². The molecule has 1 saturated carbocycles. The molecule has 0 bridgehead atoms. The molecule has 1 fully saturated rings. The Morgan fingerprint density at radius 3 is 2.12 bits per heavy atom. The maximum atomic E-state index is 12.2. The first-order valence-corrected chi connectivity index (χ1v) is 6.76. The molecule has 0 saturated heterocycles. The van der Waals surface area contributed by atoms with Crippen LogP contribution in [0.15, 0.2) is 0 Å². The highest BCUT2D eigenvalue weighted by Crippen LogP contribution is 2.27. The van der Waals surface area contributed by atoms with E-state index in [9.17, 15) is 4.79 Å². The second-order valence-electron chi connectivity index (χ2n) is 4.92. The van der Waals surface area contributed by atoms with E-state index in [2.05, 4.69) is 0 Å². The maximum Gasteiger partial charge on any atom is 0.319 e. The van der Waals surface area contributed by atoms with Gasteiger partial charge in [-0.25, -0.2) is 4.79 Å². The fourth-order valence-corrected chi connectivity index (χ4v) is 2.59. The third-order valence-electron chi connectivity index (χ3n) is 3.96. The SMILES string of the molecule is CCN(CC)C(=O)N(C)C1CCC(CO)CC1. The summed E-state index contributed by atoms with van der Waals surface area (Å²) in [5.41, 5.74) is 0. The van der Waals surface area contributed by atoms with Gasteiger partial charge in [0.05, 0.1) is 0 Å². The molecule has 4 nitrogen and oxygen atoms in total. The van der Waals surface area contributed by atoms with E-state index < -0.39 is 0 Å². The van der Waals surface area contributed by atoms with E-state index in [-0.39, 0.29) is 6.03 Å². The van der Waals surface area contributed by atoms with Crippen LogP contribution in [0, 0.1) is 5.92 Å². The molecule has 100 valence electrons. The van der Waals surface area contributed by atoms with Crippen LogP contribution in [-0.4, -0.2) is 53.7 Å². The van der Waals surface area contributed by atoms with Crippen LogP contribution in [0.1, 0.15) is 39.5 Å². The number of aliphatic hydroxyl groups is 1. The van der Waals surface area contributed by atoms with E-state index in [4.69, 9.17) is 5.11 Å². The molecule has 0 aromatic rings. The smallest absolute Gasteiger partial charge is 0.319 e. The van der Waals surface area contributed by atoms with Gasteiger partial charge >= 0.3 is 6.03 Å². The molecule has 0 aliphatic heterocycles. The van der Waals surface area contributed by atoms with Gasteiger partial charge in [0.2, 0.25) is 0 Å². The van der Waals surface area contributed by atoms with Gasteiger partial charge in [0, 0.05) is 32.8 Å². The number of rotatable bonds is 4. The van der Waals surface area contributed by atoms with E-state index in [1.807, 2.05) is 30.7 Å². The van der Waals surface area contributed by atoms with Crippen LogP contribution in [0.25, 0.3) is 0 Å². The van der Waals surface area contributed by atoms with E-state index in [0.717, 1.165) is 38.8 Å². The van der Waals surface area contributed by atoms with Crippen molar-refractivity contribution in [2.75, 3.05) is 26.7 Å². The Balaban J connectivity index is 2.47. The summed E-state index contributed by atoms with van der Waals surface area (Å²) in [6, 6.07) is 0.494. The molecule has 0 aromatic carbocycles. The number of hydrogen-bond acceptors (Lipinski definition) is 2. The van der Waals surface area contributed by atoms with Crippen LogP contribution in [0.3, 0.4) is 0 Å². The summed E-state index contributed by atoms with van der Waals surface area (Å²) < 4.78 is 0. The standard InChI is InChI=1S/C13H26N2O2/c1-4-15(5-2)13(17)14(3)12-8-6-11(10-16)7-9-12/h11-12,16H,4-10H2,1-3H3. The second-order valence-corrected chi connectivity index (χ2v) is 4.92. The molecule has 0 spiro atoms. The Kier molecular flexibility index (Phi) is 5.75. The van der Waals surface area contributed by atoms with E-state index >= 15 is 0 Å². The van der Waals surface area contributed by atoms with Gasteiger partial charge in [0.1, 0.15) is 0 Å². The molecule has 1 N–H and O–H groups in total. The monoisotopic (exact) mass is 242 g/mol. The van der Waals surface area contributed by atoms with Gasteiger partial charge < -0.3 is 14.9 Å². The molecular weight excluding hydrogens is 216 g/mol. The topological polar surface area (TPSA) is 43.8 Å². The highest BCUT2D eigenvalue weighted by molar-refractivity contribution is 5.74. The fraction of sp³-hybridized carbons (Fsp3) is 0.923. The van der Waals surface area contributed by atoms with Crippen molar-refractivity contribution in [3.8, 4) is 0 Å². The van der Waals surface area contributed by atoms with Crippen LogP contribution < -0.4 is 0 Å². The normalized spacial score (nSPS) is 24.5. The summed E-state index contributed by atoms with van der Waals surface area (Å²) in [5, 5.41) is 9.10. The lowest BCUT2D eigenvalue weighted by Gasteiger charge is -2.36. The zero-order chi connectivity index (χ0) is 12.8. The van der Waals surface area contributed by atoms with E-state index in [1.165, 1.54) is 0 Å². The lowest BCUT2D eigenvalue weighted by Crippen LogP contribution is -2.47. The Morgan fingerprint density at radius 2 is 1.71 bits per heavy atom. The van der Waals surface area contributed by atoms with Gasteiger partial charge in [-0.15, -0.1) is 0 Å². The summed E-state index contributed by atoms with van der Waals surface area (Å²) in [5.74, 6) is 0.447. The minimum absolute atomic E-state index is 0.141. The largest absolute Gasteiger partial charge is 0.396 e. The predicted octanol–water partition coefficient (Wildman–Crippen LogP) is 1.93. The number of carbonyl (C=O) groups excluding carboxylic acids is 1. The van der Waals surface area contributed by atoms with Gasteiger partial charge in [0.15, 0.2) is 0 Å². The average Bonchev–Trinajstić information content (AvgIpc) is 2.39. The minimum atomic E-state index is 0.141. The first-order chi connectivity index (χ1) is 8.13. The number of urea groups is 1. The molecule has 0 heterocycles. The number of nitrogens with zero attached hydrogens (tertiary/aromatic N) is 2. The lowest BCUT2D eigenvalue weighted by molar-refractivity contribution is 0.115. The van der Waals surface area contributed by atoms with Crippen LogP contribution in [0.4, 0.5) is 4.79 Å². The van der Waals surface area contributed by atoms with Crippen molar-refractivity contribution < 1.29 is 9.90 Å². The fourth-order valence-electron chi connectivity index (χ4n) is 2.59. The quantitative estimate of drug-likeness (QED) is 0.818. The highest BCUT2D eigenvalue weighted by atomic mass is 16.3. The molecule has 2 amide bonds. The summed E-state index contributed by atoms with van der Waals surface area (Å²) in [6.45, 7) is 5.85. The molecular formula is C13H26N2O2. The van der Waals surface area contributed by atoms with Crippen molar-refractivity contribution in [3.63, 3.8) is 0 Å². The molecule has 0 radical (unpaired) electrons. The Bertz CT molecular complexity index is 234. The molecule has 1 rings (SSSR count). The van der Waals surface area contributed by atoms with Crippen molar-refractivity contribution in [3.05, 3.63) is 0 Å². The van der Waals surface area contributed by atoms with Gasteiger partial charge in [-0.1, -0.05) is 0 Å². The third kappa shape index (κ3) is 3.60. The molecule has 0 atom stereocenters.